The van der Waals surface area contributed by atoms with Gasteiger partial charge in [-0.3, -0.25) is 4.98 Å². The van der Waals surface area contributed by atoms with Gasteiger partial charge in [0, 0.05) is 11.1 Å². The molecule has 0 aliphatic heterocycles. The molecule has 0 aliphatic carbocycles. The topological polar surface area (TPSA) is 12.9 Å². The molecule has 0 N–H and O–H groups in total. The Morgan fingerprint density at radius 1 is 1.47 bits per heavy atom. The smallest absolute Gasteiger partial charge is 0.0894 e. The molecule has 0 saturated heterocycles. The quantitative estimate of drug-likeness (QED) is 0.695. The van der Waals surface area contributed by atoms with Gasteiger partial charge in [-0.05, 0) is 31.0 Å². The fourth-order valence-corrected chi connectivity index (χ4v) is 1.97. The van der Waals surface area contributed by atoms with E-state index in [2.05, 4.69) is 17.6 Å². The molecule has 0 unspecified atom stereocenters. The first kappa shape index (κ1) is 10.2. The predicted molar refractivity (Wildman–Crippen MR) is 65.4 cm³/mol. The molecule has 2 rings (SSSR count). The zero-order chi connectivity index (χ0) is 10.8. The lowest BCUT2D eigenvalue weighted by Crippen LogP contribution is -1.91. The van der Waals surface area contributed by atoms with E-state index >= 15 is 0 Å². The number of pyridine rings is 1. The summed E-state index contributed by atoms with van der Waals surface area (Å²) < 4.78 is 0. The number of para-hydroxylation sites is 1. The normalized spacial score (nSPS) is 10.5. The van der Waals surface area contributed by atoms with Crippen LogP contribution in [0.5, 0.6) is 0 Å². The molecular weight excluding hydrogens is 206 g/mol. The van der Waals surface area contributed by atoms with Crippen molar-refractivity contribution >= 4 is 22.5 Å². The molecule has 15 heavy (non-hydrogen) atoms. The number of aryl methyl sites for hydroxylation is 1. The van der Waals surface area contributed by atoms with Crippen LogP contribution in [0, 0.1) is 6.92 Å². The Kier molecular flexibility index (Phi) is 2.74. The molecule has 0 atom stereocenters. The van der Waals surface area contributed by atoms with Gasteiger partial charge in [0.15, 0.2) is 0 Å². The van der Waals surface area contributed by atoms with Crippen LogP contribution in [0.15, 0.2) is 36.9 Å². The Bertz CT molecular complexity index is 517. The standard InChI is InChI=1S/C13H12ClN/c1-3-5-10-8-9(2)15-13-11(10)6-4-7-12(13)14/h3-4,6-8H,1,5H2,2H3. The Balaban J connectivity index is 2.79. The summed E-state index contributed by atoms with van der Waals surface area (Å²) in [5.41, 5.74) is 3.11. The zero-order valence-corrected chi connectivity index (χ0v) is 9.38. The SMILES string of the molecule is C=CCc1cc(C)nc2c(Cl)cccc12. The summed E-state index contributed by atoms with van der Waals surface area (Å²) in [6.07, 6.45) is 2.75. The summed E-state index contributed by atoms with van der Waals surface area (Å²) in [6, 6.07) is 7.95. The minimum atomic E-state index is 0.710. The van der Waals surface area contributed by atoms with Crippen LogP contribution in [-0.2, 0) is 6.42 Å². The average Bonchev–Trinajstić information content (AvgIpc) is 2.20. The summed E-state index contributed by atoms with van der Waals surface area (Å²) >= 11 is 6.11. The van der Waals surface area contributed by atoms with Gasteiger partial charge in [0.05, 0.1) is 10.5 Å². The van der Waals surface area contributed by atoms with Crippen LogP contribution >= 0.6 is 11.6 Å². The number of fused-ring (bicyclic) bond motifs is 1. The van der Waals surface area contributed by atoms with E-state index in [4.69, 9.17) is 11.6 Å². The second-order valence-corrected chi connectivity index (χ2v) is 3.96. The van der Waals surface area contributed by atoms with E-state index in [0.29, 0.717) is 5.02 Å². The van der Waals surface area contributed by atoms with Crippen molar-refractivity contribution in [2.75, 3.05) is 0 Å². The van der Waals surface area contributed by atoms with Crippen molar-refractivity contribution in [2.24, 2.45) is 0 Å². The van der Waals surface area contributed by atoms with Crippen LogP contribution < -0.4 is 0 Å². The van der Waals surface area contributed by atoms with Gasteiger partial charge < -0.3 is 0 Å². The van der Waals surface area contributed by atoms with Crippen LogP contribution in [0.2, 0.25) is 5.02 Å². The Morgan fingerprint density at radius 2 is 2.27 bits per heavy atom. The number of hydrogen-bond donors (Lipinski definition) is 0. The lowest BCUT2D eigenvalue weighted by molar-refractivity contribution is 1.20. The van der Waals surface area contributed by atoms with Gasteiger partial charge in [-0.25, -0.2) is 0 Å². The van der Waals surface area contributed by atoms with Crippen molar-refractivity contribution in [2.45, 2.75) is 13.3 Å². The van der Waals surface area contributed by atoms with Crippen LogP contribution in [0.1, 0.15) is 11.3 Å². The maximum Gasteiger partial charge on any atom is 0.0894 e. The molecule has 76 valence electrons. The maximum atomic E-state index is 6.11. The Labute approximate surface area is 94.4 Å². The van der Waals surface area contributed by atoms with Gasteiger partial charge in [0.25, 0.3) is 0 Å². The van der Waals surface area contributed by atoms with Crippen LogP contribution in [0.25, 0.3) is 10.9 Å². The van der Waals surface area contributed by atoms with Crippen LogP contribution in [-0.4, -0.2) is 4.98 Å². The highest BCUT2D eigenvalue weighted by molar-refractivity contribution is 6.35. The molecule has 0 spiro atoms. The zero-order valence-electron chi connectivity index (χ0n) is 8.63. The van der Waals surface area contributed by atoms with E-state index in [1.165, 1.54) is 5.56 Å². The van der Waals surface area contributed by atoms with Gasteiger partial charge in [0.1, 0.15) is 0 Å². The first-order valence-electron chi connectivity index (χ1n) is 4.88. The van der Waals surface area contributed by atoms with Crippen molar-refractivity contribution in [1.82, 2.24) is 4.98 Å². The number of aromatic nitrogens is 1. The van der Waals surface area contributed by atoms with Gasteiger partial charge in [-0.2, -0.15) is 0 Å². The van der Waals surface area contributed by atoms with Crippen molar-refractivity contribution in [3.63, 3.8) is 0 Å². The maximum absolute atomic E-state index is 6.11. The molecule has 0 amide bonds. The third-order valence-corrected chi connectivity index (χ3v) is 2.67. The van der Waals surface area contributed by atoms with Gasteiger partial charge in [-0.1, -0.05) is 29.8 Å². The fraction of sp³-hybridized carbons (Fsp3) is 0.154. The third-order valence-electron chi connectivity index (χ3n) is 2.37. The fourth-order valence-electron chi connectivity index (χ4n) is 1.75. The summed E-state index contributed by atoms with van der Waals surface area (Å²) in [4.78, 5) is 4.45. The van der Waals surface area contributed by atoms with E-state index in [1.807, 2.05) is 31.2 Å². The van der Waals surface area contributed by atoms with Crippen LogP contribution in [0.4, 0.5) is 0 Å². The van der Waals surface area contributed by atoms with Crippen LogP contribution in [0.3, 0.4) is 0 Å². The number of allylic oxidation sites excluding steroid dienone is 1. The largest absolute Gasteiger partial charge is 0.252 e. The molecule has 1 heterocycles. The summed E-state index contributed by atoms with van der Waals surface area (Å²) in [5.74, 6) is 0. The molecule has 1 aromatic carbocycles. The molecule has 0 aliphatic rings. The first-order valence-corrected chi connectivity index (χ1v) is 5.26. The second-order valence-electron chi connectivity index (χ2n) is 3.55. The summed E-state index contributed by atoms with van der Waals surface area (Å²) in [6.45, 7) is 5.74. The molecule has 0 radical (unpaired) electrons. The number of rotatable bonds is 2. The number of hydrogen-bond acceptors (Lipinski definition) is 1. The predicted octanol–water partition coefficient (Wildman–Crippen LogP) is 3.93. The summed E-state index contributed by atoms with van der Waals surface area (Å²) in [5, 5.41) is 1.83. The highest BCUT2D eigenvalue weighted by atomic mass is 35.5. The second kappa shape index (κ2) is 4.03. The van der Waals surface area contributed by atoms with E-state index in [9.17, 15) is 0 Å². The lowest BCUT2D eigenvalue weighted by Gasteiger charge is -2.06. The summed E-state index contributed by atoms with van der Waals surface area (Å²) in [7, 11) is 0. The minimum Gasteiger partial charge on any atom is -0.252 e. The van der Waals surface area contributed by atoms with Gasteiger partial charge >= 0.3 is 0 Å². The Morgan fingerprint density at radius 3 is 3.00 bits per heavy atom. The van der Waals surface area contributed by atoms with Crippen molar-refractivity contribution < 1.29 is 0 Å². The Hall–Kier alpha value is -1.34. The van der Waals surface area contributed by atoms with E-state index in [-0.39, 0.29) is 0 Å². The first-order chi connectivity index (χ1) is 7.22. The van der Waals surface area contributed by atoms with Crippen molar-refractivity contribution in [3.8, 4) is 0 Å². The average molecular weight is 218 g/mol. The molecule has 0 bridgehead atoms. The molecule has 0 fully saturated rings. The highest BCUT2D eigenvalue weighted by Crippen LogP contribution is 2.25. The lowest BCUT2D eigenvalue weighted by atomic mass is 10.1. The molecule has 2 aromatic rings. The van der Waals surface area contributed by atoms with E-state index in [0.717, 1.165) is 23.0 Å². The number of nitrogens with zero attached hydrogens (tertiary/aromatic N) is 1. The highest BCUT2D eigenvalue weighted by Gasteiger charge is 2.05. The third kappa shape index (κ3) is 1.88. The number of benzene rings is 1. The molecule has 1 aromatic heterocycles. The van der Waals surface area contributed by atoms with Gasteiger partial charge in [-0.15, -0.1) is 6.58 Å². The van der Waals surface area contributed by atoms with Crippen molar-refractivity contribution in [3.05, 3.63) is 53.2 Å². The minimum absolute atomic E-state index is 0.710. The van der Waals surface area contributed by atoms with E-state index in [1.54, 1.807) is 0 Å². The number of halogens is 1. The van der Waals surface area contributed by atoms with Gasteiger partial charge in [0.2, 0.25) is 0 Å². The monoisotopic (exact) mass is 217 g/mol. The molecular formula is C13H12ClN. The molecule has 0 saturated carbocycles. The molecule has 2 heteroatoms. The van der Waals surface area contributed by atoms with Crippen molar-refractivity contribution in [1.29, 1.82) is 0 Å². The van der Waals surface area contributed by atoms with E-state index < -0.39 is 0 Å². The molecule has 1 nitrogen and oxygen atoms in total.